The van der Waals surface area contributed by atoms with Crippen molar-refractivity contribution in [2.75, 3.05) is 27.7 Å². The van der Waals surface area contributed by atoms with Crippen LogP contribution >= 0.6 is 12.6 Å². The number of hydrogen-bond acceptors (Lipinski definition) is 3. The Morgan fingerprint density at radius 3 is 1.80 bits per heavy atom. The molecule has 0 heterocycles. The molecular weight excluding hydrogens is 150 g/mol. The van der Waals surface area contributed by atoms with Crippen molar-refractivity contribution in [1.82, 2.24) is 4.90 Å². The van der Waals surface area contributed by atoms with Gasteiger partial charge < -0.3 is 9.64 Å². The Hall–Kier alpha value is -0.220. The van der Waals surface area contributed by atoms with Crippen LogP contribution in [0.1, 0.15) is 6.92 Å². The Labute approximate surface area is 67.8 Å². The van der Waals surface area contributed by atoms with Crippen molar-refractivity contribution >= 4 is 17.9 Å². The zero-order valence-corrected chi connectivity index (χ0v) is 7.81. The largest absolute Gasteiger partial charge is 0.458 e. The predicted octanol–water partition coefficient (Wildman–Crippen LogP) is 1.25. The normalized spacial score (nSPS) is 8.20. The van der Waals surface area contributed by atoms with Crippen LogP contribution in [0.2, 0.25) is 0 Å². The van der Waals surface area contributed by atoms with E-state index in [9.17, 15) is 4.79 Å². The van der Waals surface area contributed by atoms with Crippen LogP contribution in [0.25, 0.3) is 0 Å². The van der Waals surface area contributed by atoms with Crippen molar-refractivity contribution in [3.8, 4) is 0 Å². The maximum Gasteiger partial charge on any atom is 0.364 e. The van der Waals surface area contributed by atoms with Crippen LogP contribution in [0.5, 0.6) is 0 Å². The van der Waals surface area contributed by atoms with Gasteiger partial charge in [-0.3, -0.25) is 0 Å². The lowest BCUT2D eigenvalue weighted by Gasteiger charge is -1.90. The molecule has 0 saturated carbocycles. The first kappa shape index (κ1) is 12.5. The summed E-state index contributed by atoms with van der Waals surface area (Å²) in [5, 5.41) is -0.516. The number of hydrogen-bond donors (Lipinski definition) is 1. The monoisotopic (exact) mass is 165 g/mol. The highest BCUT2D eigenvalue weighted by Crippen LogP contribution is 1.81. The summed E-state index contributed by atoms with van der Waals surface area (Å²) in [6, 6.07) is 0. The summed E-state index contributed by atoms with van der Waals surface area (Å²) >= 11 is 3.32. The third kappa shape index (κ3) is 46.3. The van der Waals surface area contributed by atoms with Gasteiger partial charge in [-0.25, -0.2) is 4.79 Å². The summed E-state index contributed by atoms with van der Waals surface area (Å²) in [6.07, 6.45) is 0. The molecule has 0 aliphatic rings. The number of carbonyl (C=O) groups excluding carboxylic acids is 1. The molecule has 0 fully saturated rings. The zero-order valence-electron chi connectivity index (χ0n) is 6.92. The van der Waals surface area contributed by atoms with Crippen molar-refractivity contribution in [3.05, 3.63) is 0 Å². The van der Waals surface area contributed by atoms with Gasteiger partial charge in [-0.1, -0.05) is 12.6 Å². The molecule has 0 aromatic carbocycles. The Kier molecular flexibility index (Phi) is 10.9. The smallest absolute Gasteiger partial charge is 0.364 e. The molecule has 0 aliphatic carbocycles. The summed E-state index contributed by atoms with van der Waals surface area (Å²) in [5.41, 5.74) is 0. The van der Waals surface area contributed by atoms with Crippen molar-refractivity contribution in [3.63, 3.8) is 0 Å². The second kappa shape index (κ2) is 8.78. The Morgan fingerprint density at radius 1 is 1.50 bits per heavy atom. The van der Waals surface area contributed by atoms with Crippen molar-refractivity contribution in [2.45, 2.75) is 6.92 Å². The molecule has 62 valence electrons. The van der Waals surface area contributed by atoms with Gasteiger partial charge in [-0.05, 0) is 28.1 Å². The van der Waals surface area contributed by atoms with Gasteiger partial charge in [0.15, 0.2) is 0 Å². The van der Waals surface area contributed by atoms with Gasteiger partial charge in [-0.2, -0.15) is 0 Å². The average molecular weight is 165 g/mol. The van der Waals surface area contributed by atoms with E-state index < -0.39 is 5.30 Å². The molecule has 0 N–H and O–H groups in total. The second-order valence-corrected chi connectivity index (χ2v) is 2.41. The Bertz CT molecular complexity index is 83.1. The number of thiol groups is 1. The first-order chi connectivity index (χ1) is 4.50. The molecule has 0 amide bonds. The molecule has 0 aromatic heterocycles. The molecule has 4 heteroatoms. The van der Waals surface area contributed by atoms with E-state index in [2.05, 4.69) is 17.4 Å². The molecule has 0 atom stereocenters. The fourth-order valence-corrected chi connectivity index (χ4v) is 0.253. The third-order valence-corrected chi connectivity index (χ3v) is 0.397. The van der Waals surface area contributed by atoms with Gasteiger partial charge in [0, 0.05) is 0 Å². The summed E-state index contributed by atoms with van der Waals surface area (Å²) in [7, 11) is 6.00. The average Bonchev–Trinajstić information content (AvgIpc) is 1.62. The highest BCUT2D eigenvalue weighted by Gasteiger charge is 1.83. The molecule has 0 bridgehead atoms. The van der Waals surface area contributed by atoms with Crippen LogP contribution in [-0.2, 0) is 4.74 Å². The number of rotatable bonds is 1. The summed E-state index contributed by atoms with van der Waals surface area (Å²) in [5.74, 6) is 0. The van der Waals surface area contributed by atoms with Crippen LogP contribution in [0.4, 0.5) is 4.79 Å². The van der Waals surface area contributed by atoms with Gasteiger partial charge in [0.05, 0.1) is 6.61 Å². The molecule has 0 rings (SSSR count). The third-order valence-electron chi connectivity index (χ3n) is 0.268. The zero-order chi connectivity index (χ0) is 8.57. The minimum atomic E-state index is -0.516. The molecule has 0 radical (unpaired) electrons. The fraction of sp³-hybridized carbons (Fsp3) is 0.833. The van der Waals surface area contributed by atoms with Crippen LogP contribution in [-0.4, -0.2) is 38.0 Å². The van der Waals surface area contributed by atoms with Gasteiger partial charge in [0.25, 0.3) is 0 Å². The number of ether oxygens (including phenoxy) is 1. The molecule has 0 aliphatic heterocycles. The lowest BCUT2D eigenvalue weighted by atomic mass is 10.9. The molecule has 0 spiro atoms. The standard InChI is InChI=1S/C3H9N.C3H6O2S/c1-4(2)3;1-2-5-3(4)6/h1-3H3;2H2,1H3,(H,4,6). The number of nitrogens with zero attached hydrogens (tertiary/aromatic N) is 1. The van der Waals surface area contributed by atoms with Crippen molar-refractivity contribution < 1.29 is 9.53 Å². The molecule has 10 heavy (non-hydrogen) atoms. The molecule has 3 nitrogen and oxygen atoms in total. The molecular formula is C6H15NO2S. The van der Waals surface area contributed by atoms with Gasteiger partial charge in [0.1, 0.15) is 0 Å². The minimum Gasteiger partial charge on any atom is -0.458 e. The van der Waals surface area contributed by atoms with E-state index in [1.807, 2.05) is 26.0 Å². The fourth-order valence-electron chi connectivity index (χ4n) is 0.123. The van der Waals surface area contributed by atoms with E-state index in [1.165, 1.54) is 0 Å². The number of carbonyl (C=O) groups is 1. The van der Waals surface area contributed by atoms with Gasteiger partial charge in [-0.15, -0.1) is 0 Å². The van der Waals surface area contributed by atoms with E-state index in [0.717, 1.165) is 0 Å². The van der Waals surface area contributed by atoms with Crippen LogP contribution < -0.4 is 0 Å². The highest BCUT2D eigenvalue weighted by molar-refractivity contribution is 7.96. The lowest BCUT2D eigenvalue weighted by Crippen LogP contribution is -1.99. The van der Waals surface area contributed by atoms with E-state index in [1.54, 1.807) is 6.92 Å². The minimum absolute atomic E-state index is 0.405. The maximum absolute atomic E-state index is 9.69. The van der Waals surface area contributed by atoms with E-state index in [0.29, 0.717) is 6.61 Å². The summed E-state index contributed by atoms with van der Waals surface area (Å²) in [4.78, 5) is 11.7. The predicted molar refractivity (Wildman–Crippen MR) is 45.6 cm³/mol. The molecule has 0 saturated heterocycles. The van der Waals surface area contributed by atoms with E-state index >= 15 is 0 Å². The highest BCUT2D eigenvalue weighted by atomic mass is 32.1. The molecule has 0 unspecified atom stereocenters. The second-order valence-electron chi connectivity index (χ2n) is 2.04. The van der Waals surface area contributed by atoms with Gasteiger partial charge >= 0.3 is 5.30 Å². The SMILES string of the molecule is CCOC(=O)S.CN(C)C. The summed E-state index contributed by atoms with van der Waals surface area (Å²) in [6.45, 7) is 2.14. The maximum atomic E-state index is 9.69. The first-order valence-corrected chi connectivity index (χ1v) is 3.42. The topological polar surface area (TPSA) is 29.5 Å². The summed E-state index contributed by atoms with van der Waals surface area (Å²) < 4.78 is 4.27. The van der Waals surface area contributed by atoms with Crippen LogP contribution in [0.3, 0.4) is 0 Å². The molecule has 0 aromatic rings. The van der Waals surface area contributed by atoms with E-state index in [4.69, 9.17) is 0 Å². The van der Waals surface area contributed by atoms with Crippen LogP contribution in [0.15, 0.2) is 0 Å². The Balaban J connectivity index is 0. The lowest BCUT2D eigenvalue weighted by molar-refractivity contribution is 0.182. The first-order valence-electron chi connectivity index (χ1n) is 2.97. The Morgan fingerprint density at radius 2 is 1.80 bits per heavy atom. The van der Waals surface area contributed by atoms with E-state index in [-0.39, 0.29) is 0 Å². The quantitative estimate of drug-likeness (QED) is 0.468. The van der Waals surface area contributed by atoms with Crippen molar-refractivity contribution in [2.24, 2.45) is 0 Å². The van der Waals surface area contributed by atoms with Crippen molar-refractivity contribution in [1.29, 1.82) is 0 Å². The van der Waals surface area contributed by atoms with Crippen LogP contribution in [0, 0.1) is 0 Å². The van der Waals surface area contributed by atoms with Gasteiger partial charge in [0.2, 0.25) is 0 Å².